The first-order chi connectivity index (χ1) is 10.7. The lowest BCUT2D eigenvalue weighted by molar-refractivity contribution is -0.162. The van der Waals surface area contributed by atoms with E-state index in [1.165, 1.54) is 11.8 Å². The molecule has 1 aliphatic rings. The van der Waals surface area contributed by atoms with Gasteiger partial charge in [0.05, 0.1) is 5.88 Å². The molecule has 1 atom stereocenters. The topological polar surface area (TPSA) is 49.4 Å². The van der Waals surface area contributed by atoms with Crippen LogP contribution in [-0.4, -0.2) is 40.6 Å². The van der Waals surface area contributed by atoms with Gasteiger partial charge in [0.2, 0.25) is 11.8 Å². The number of rotatable bonds is 3. The summed E-state index contributed by atoms with van der Waals surface area (Å²) in [4.78, 5) is 25.1. The molecule has 1 saturated heterocycles. The van der Waals surface area contributed by atoms with Gasteiger partial charge in [0.1, 0.15) is 12.5 Å². The Hall–Kier alpha value is -1.70. The molecule has 2 amide bonds. The van der Waals surface area contributed by atoms with E-state index in [1.807, 2.05) is 26.0 Å². The number of halogens is 3. The Morgan fingerprint density at radius 2 is 2.04 bits per heavy atom. The molecule has 2 rings (SSSR count). The van der Waals surface area contributed by atoms with E-state index in [0.717, 1.165) is 16.0 Å². The minimum Gasteiger partial charge on any atom is -0.324 e. The molecule has 0 bridgehead atoms. The fourth-order valence-electron chi connectivity index (χ4n) is 2.35. The first-order valence-electron chi connectivity index (χ1n) is 6.99. The van der Waals surface area contributed by atoms with Crippen molar-refractivity contribution < 1.29 is 22.8 Å². The predicted octanol–water partition coefficient (Wildman–Crippen LogP) is 3.10. The maximum absolute atomic E-state index is 12.4. The Labute approximate surface area is 136 Å². The summed E-state index contributed by atoms with van der Waals surface area (Å²) in [5.74, 6) is -1.14. The molecule has 0 aromatic heterocycles. The molecule has 1 heterocycles. The number of thioether (sulfide) groups is 1. The Bertz CT molecular complexity index is 619. The van der Waals surface area contributed by atoms with Gasteiger partial charge < -0.3 is 10.2 Å². The highest BCUT2D eigenvalue weighted by Crippen LogP contribution is 2.27. The molecule has 0 spiro atoms. The SMILES string of the molecule is Cc1ccc(NC(=O)C2CSCN2C(=O)CC(F)(F)F)c(C)c1. The highest BCUT2D eigenvalue weighted by Gasteiger charge is 2.40. The van der Waals surface area contributed by atoms with Gasteiger partial charge in [-0.05, 0) is 25.5 Å². The van der Waals surface area contributed by atoms with Crippen molar-refractivity contribution in [2.24, 2.45) is 0 Å². The van der Waals surface area contributed by atoms with Gasteiger partial charge >= 0.3 is 6.18 Å². The molecule has 0 radical (unpaired) electrons. The number of benzene rings is 1. The van der Waals surface area contributed by atoms with Crippen LogP contribution in [0.25, 0.3) is 0 Å². The average Bonchev–Trinajstić information content (AvgIpc) is 2.89. The van der Waals surface area contributed by atoms with Crippen LogP contribution in [-0.2, 0) is 9.59 Å². The molecule has 1 aromatic rings. The average molecular weight is 346 g/mol. The third kappa shape index (κ3) is 4.63. The minimum atomic E-state index is -4.57. The second-order valence-corrected chi connectivity index (χ2v) is 6.48. The minimum absolute atomic E-state index is 0.0971. The van der Waals surface area contributed by atoms with E-state index in [9.17, 15) is 22.8 Å². The van der Waals surface area contributed by atoms with Crippen LogP contribution in [0.5, 0.6) is 0 Å². The number of carbonyl (C=O) groups excluding carboxylic acids is 2. The highest BCUT2D eigenvalue weighted by molar-refractivity contribution is 7.99. The molecule has 1 aromatic carbocycles. The van der Waals surface area contributed by atoms with Crippen LogP contribution in [0.2, 0.25) is 0 Å². The fourth-order valence-corrected chi connectivity index (χ4v) is 3.53. The molecular formula is C15H17F3N2O2S. The number of amides is 2. The first kappa shape index (κ1) is 17.7. The van der Waals surface area contributed by atoms with Gasteiger partial charge in [-0.1, -0.05) is 17.7 Å². The van der Waals surface area contributed by atoms with Gasteiger partial charge in [-0.25, -0.2) is 0 Å². The number of carbonyl (C=O) groups is 2. The number of alkyl halides is 3. The Kier molecular flexibility index (Phi) is 5.23. The van der Waals surface area contributed by atoms with Crippen LogP contribution in [0.4, 0.5) is 18.9 Å². The summed E-state index contributed by atoms with van der Waals surface area (Å²) in [6.07, 6.45) is -6.11. The summed E-state index contributed by atoms with van der Waals surface area (Å²) in [5.41, 5.74) is 2.50. The van der Waals surface area contributed by atoms with Gasteiger partial charge in [0.25, 0.3) is 0 Å². The molecule has 23 heavy (non-hydrogen) atoms. The molecule has 0 saturated carbocycles. The summed E-state index contributed by atoms with van der Waals surface area (Å²) in [6.45, 7) is 3.75. The molecular weight excluding hydrogens is 329 g/mol. The van der Waals surface area contributed by atoms with Crippen molar-refractivity contribution in [2.75, 3.05) is 16.9 Å². The molecule has 1 fully saturated rings. The van der Waals surface area contributed by atoms with E-state index in [-0.39, 0.29) is 5.88 Å². The number of hydrogen-bond acceptors (Lipinski definition) is 3. The predicted molar refractivity (Wildman–Crippen MR) is 83.2 cm³/mol. The second-order valence-electron chi connectivity index (χ2n) is 5.48. The van der Waals surface area contributed by atoms with E-state index >= 15 is 0 Å². The Morgan fingerprint density at radius 3 is 2.65 bits per heavy atom. The van der Waals surface area contributed by atoms with Crippen molar-refractivity contribution in [3.8, 4) is 0 Å². The van der Waals surface area contributed by atoms with Gasteiger partial charge in [-0.15, -0.1) is 11.8 Å². The standard InChI is InChI=1S/C15H17F3N2O2S/c1-9-3-4-11(10(2)5-9)19-14(22)12-7-23-8-20(12)13(21)6-15(16,17)18/h3-5,12H,6-8H2,1-2H3,(H,19,22). The van der Waals surface area contributed by atoms with Crippen LogP contribution in [0, 0.1) is 13.8 Å². The quantitative estimate of drug-likeness (QED) is 0.915. The molecule has 126 valence electrons. The van der Waals surface area contributed by atoms with Crippen LogP contribution in [0.15, 0.2) is 18.2 Å². The van der Waals surface area contributed by atoms with E-state index in [1.54, 1.807) is 6.07 Å². The summed E-state index contributed by atoms with van der Waals surface area (Å²) >= 11 is 1.27. The maximum Gasteiger partial charge on any atom is 0.397 e. The van der Waals surface area contributed by atoms with Crippen molar-refractivity contribution >= 4 is 29.3 Å². The monoisotopic (exact) mass is 346 g/mol. The maximum atomic E-state index is 12.4. The van der Waals surface area contributed by atoms with E-state index in [2.05, 4.69) is 5.32 Å². The van der Waals surface area contributed by atoms with Gasteiger partial charge in [-0.2, -0.15) is 13.2 Å². The van der Waals surface area contributed by atoms with Crippen LogP contribution >= 0.6 is 11.8 Å². The zero-order chi connectivity index (χ0) is 17.2. The first-order valence-corrected chi connectivity index (χ1v) is 8.15. The summed E-state index contributed by atoms with van der Waals surface area (Å²) < 4.78 is 37.1. The van der Waals surface area contributed by atoms with Crippen molar-refractivity contribution in [3.63, 3.8) is 0 Å². The second kappa shape index (κ2) is 6.82. The Balaban J connectivity index is 2.07. The number of anilines is 1. The molecule has 4 nitrogen and oxygen atoms in total. The zero-order valence-electron chi connectivity index (χ0n) is 12.7. The number of aryl methyl sites for hydroxylation is 2. The van der Waals surface area contributed by atoms with E-state index < -0.39 is 30.5 Å². The summed E-state index contributed by atoms with van der Waals surface area (Å²) in [5, 5.41) is 2.70. The van der Waals surface area contributed by atoms with Gasteiger partial charge in [-0.3, -0.25) is 9.59 Å². The molecule has 8 heteroatoms. The largest absolute Gasteiger partial charge is 0.397 e. The number of nitrogens with one attached hydrogen (secondary N) is 1. The lowest BCUT2D eigenvalue weighted by Gasteiger charge is -2.24. The third-order valence-electron chi connectivity index (χ3n) is 3.50. The molecule has 1 aliphatic heterocycles. The zero-order valence-corrected chi connectivity index (χ0v) is 13.6. The van der Waals surface area contributed by atoms with Gasteiger partial charge in [0.15, 0.2) is 0 Å². The Morgan fingerprint density at radius 1 is 1.35 bits per heavy atom. The third-order valence-corrected chi connectivity index (χ3v) is 4.51. The van der Waals surface area contributed by atoms with E-state index in [4.69, 9.17) is 0 Å². The summed E-state index contributed by atoms with van der Waals surface area (Å²) in [7, 11) is 0. The number of hydrogen-bond donors (Lipinski definition) is 1. The van der Waals surface area contributed by atoms with Crippen molar-refractivity contribution in [2.45, 2.75) is 32.5 Å². The molecule has 1 N–H and O–H groups in total. The van der Waals surface area contributed by atoms with Crippen LogP contribution in [0.1, 0.15) is 17.5 Å². The van der Waals surface area contributed by atoms with Crippen molar-refractivity contribution in [3.05, 3.63) is 29.3 Å². The highest BCUT2D eigenvalue weighted by atomic mass is 32.2. The van der Waals surface area contributed by atoms with E-state index in [0.29, 0.717) is 11.4 Å². The van der Waals surface area contributed by atoms with Crippen molar-refractivity contribution in [1.82, 2.24) is 4.90 Å². The summed E-state index contributed by atoms with van der Waals surface area (Å²) in [6, 6.07) is 4.59. The smallest absolute Gasteiger partial charge is 0.324 e. The number of nitrogens with zero attached hydrogens (tertiary/aromatic N) is 1. The fraction of sp³-hybridized carbons (Fsp3) is 0.467. The lowest BCUT2D eigenvalue weighted by atomic mass is 10.1. The van der Waals surface area contributed by atoms with Crippen molar-refractivity contribution in [1.29, 1.82) is 0 Å². The molecule has 0 aliphatic carbocycles. The molecule has 1 unspecified atom stereocenters. The van der Waals surface area contributed by atoms with Gasteiger partial charge in [0, 0.05) is 11.4 Å². The van der Waals surface area contributed by atoms with Crippen LogP contribution < -0.4 is 5.32 Å². The van der Waals surface area contributed by atoms with Crippen LogP contribution in [0.3, 0.4) is 0 Å². The normalized spacial score (nSPS) is 18.1. The lowest BCUT2D eigenvalue weighted by Crippen LogP contribution is -2.45.